The summed E-state index contributed by atoms with van der Waals surface area (Å²) in [6.45, 7) is 2.07. The first kappa shape index (κ1) is 11.1. The predicted octanol–water partition coefficient (Wildman–Crippen LogP) is 3.55. The summed E-state index contributed by atoms with van der Waals surface area (Å²) in [7, 11) is 0. The first-order chi connectivity index (χ1) is 7.59. The van der Waals surface area contributed by atoms with Crippen LogP contribution in [0.3, 0.4) is 0 Å². The van der Waals surface area contributed by atoms with Crippen molar-refractivity contribution in [2.24, 2.45) is 5.92 Å². The molecule has 0 heterocycles. The van der Waals surface area contributed by atoms with Crippen molar-refractivity contribution < 1.29 is 8.78 Å². The van der Waals surface area contributed by atoms with Crippen molar-refractivity contribution >= 4 is 0 Å². The standard InChI is InChI=1S/C13H13F2N/c1-2-9-6-13(7-9,8-16)10-3-11(14)5-12(15)4-10/h3-5,9H,2,6-7H2,1H3. The van der Waals surface area contributed by atoms with E-state index < -0.39 is 17.0 Å². The average Bonchev–Trinajstić information content (AvgIpc) is 2.16. The number of hydrogen-bond acceptors (Lipinski definition) is 1. The SMILES string of the molecule is CCC1CC(C#N)(c2cc(F)cc(F)c2)C1. The molecule has 0 amide bonds. The topological polar surface area (TPSA) is 23.8 Å². The van der Waals surface area contributed by atoms with Crippen LogP contribution in [0.15, 0.2) is 18.2 Å². The van der Waals surface area contributed by atoms with Crippen molar-refractivity contribution in [3.8, 4) is 6.07 Å². The minimum Gasteiger partial charge on any atom is -0.207 e. The van der Waals surface area contributed by atoms with E-state index in [4.69, 9.17) is 0 Å². The number of benzene rings is 1. The summed E-state index contributed by atoms with van der Waals surface area (Å²) < 4.78 is 26.2. The molecule has 0 unspecified atom stereocenters. The molecule has 0 atom stereocenters. The maximum absolute atomic E-state index is 13.1. The number of halogens is 2. The molecule has 84 valence electrons. The van der Waals surface area contributed by atoms with E-state index in [0.29, 0.717) is 24.3 Å². The number of rotatable bonds is 2. The fraction of sp³-hybridized carbons (Fsp3) is 0.462. The second-order valence-corrected chi connectivity index (χ2v) is 4.53. The Bertz CT molecular complexity index is 421. The molecular weight excluding hydrogens is 208 g/mol. The van der Waals surface area contributed by atoms with E-state index in [0.717, 1.165) is 12.5 Å². The van der Waals surface area contributed by atoms with Crippen molar-refractivity contribution in [3.05, 3.63) is 35.4 Å². The molecule has 1 aliphatic carbocycles. The second kappa shape index (κ2) is 3.86. The fourth-order valence-corrected chi connectivity index (χ4v) is 2.44. The van der Waals surface area contributed by atoms with E-state index in [1.165, 1.54) is 12.1 Å². The third-order valence-corrected chi connectivity index (χ3v) is 3.48. The lowest BCUT2D eigenvalue weighted by molar-refractivity contribution is 0.191. The van der Waals surface area contributed by atoms with Gasteiger partial charge in [0.15, 0.2) is 0 Å². The van der Waals surface area contributed by atoms with Crippen LogP contribution in [0, 0.1) is 28.9 Å². The molecule has 1 fully saturated rings. The highest BCUT2D eigenvalue weighted by molar-refractivity contribution is 5.36. The molecule has 1 aliphatic rings. The summed E-state index contributed by atoms with van der Waals surface area (Å²) in [5.41, 5.74) is -0.180. The van der Waals surface area contributed by atoms with Gasteiger partial charge in [0.05, 0.1) is 11.5 Å². The molecule has 0 N–H and O–H groups in total. The Morgan fingerprint density at radius 1 is 1.31 bits per heavy atom. The van der Waals surface area contributed by atoms with Crippen LogP contribution >= 0.6 is 0 Å². The predicted molar refractivity (Wildman–Crippen MR) is 56.7 cm³/mol. The highest BCUT2D eigenvalue weighted by Crippen LogP contribution is 2.48. The van der Waals surface area contributed by atoms with Crippen molar-refractivity contribution in [2.45, 2.75) is 31.6 Å². The molecule has 0 radical (unpaired) electrons. The van der Waals surface area contributed by atoms with Gasteiger partial charge < -0.3 is 0 Å². The molecule has 0 saturated heterocycles. The minimum atomic E-state index is -0.663. The molecule has 0 aliphatic heterocycles. The molecule has 1 saturated carbocycles. The third kappa shape index (κ3) is 1.69. The molecule has 0 bridgehead atoms. The Kier molecular flexibility index (Phi) is 2.67. The molecule has 16 heavy (non-hydrogen) atoms. The van der Waals surface area contributed by atoms with Gasteiger partial charge in [-0.25, -0.2) is 8.78 Å². The van der Waals surface area contributed by atoms with Crippen molar-refractivity contribution in [1.82, 2.24) is 0 Å². The molecular formula is C13H13F2N. The van der Waals surface area contributed by atoms with Crippen molar-refractivity contribution in [3.63, 3.8) is 0 Å². The van der Waals surface area contributed by atoms with Gasteiger partial charge in [-0.1, -0.05) is 13.3 Å². The molecule has 2 rings (SSSR count). The Morgan fingerprint density at radius 3 is 2.31 bits per heavy atom. The lowest BCUT2D eigenvalue weighted by Gasteiger charge is -2.42. The Morgan fingerprint density at radius 2 is 1.88 bits per heavy atom. The summed E-state index contributed by atoms with van der Waals surface area (Å²) in [6, 6.07) is 5.61. The average molecular weight is 221 g/mol. The summed E-state index contributed by atoms with van der Waals surface area (Å²) in [4.78, 5) is 0. The van der Waals surface area contributed by atoms with Crippen LogP contribution in [-0.4, -0.2) is 0 Å². The van der Waals surface area contributed by atoms with Crippen molar-refractivity contribution in [1.29, 1.82) is 5.26 Å². The molecule has 1 nitrogen and oxygen atoms in total. The lowest BCUT2D eigenvalue weighted by Crippen LogP contribution is -2.39. The maximum Gasteiger partial charge on any atom is 0.126 e. The van der Waals surface area contributed by atoms with E-state index >= 15 is 0 Å². The molecule has 0 aromatic heterocycles. The lowest BCUT2D eigenvalue weighted by atomic mass is 9.59. The van der Waals surface area contributed by atoms with Crippen molar-refractivity contribution in [2.75, 3.05) is 0 Å². The number of nitriles is 1. The van der Waals surface area contributed by atoms with Crippen LogP contribution in [-0.2, 0) is 5.41 Å². The van der Waals surface area contributed by atoms with Crippen LogP contribution in [0.5, 0.6) is 0 Å². The molecule has 0 spiro atoms. The highest BCUT2D eigenvalue weighted by atomic mass is 19.1. The van der Waals surface area contributed by atoms with Crippen LogP contribution in [0.2, 0.25) is 0 Å². The smallest absolute Gasteiger partial charge is 0.126 e. The van der Waals surface area contributed by atoms with Gasteiger partial charge in [-0.15, -0.1) is 0 Å². The fourth-order valence-electron chi connectivity index (χ4n) is 2.44. The maximum atomic E-state index is 13.1. The normalized spacial score (nSPS) is 28.2. The van der Waals surface area contributed by atoms with Gasteiger partial charge in [0.25, 0.3) is 0 Å². The zero-order valence-electron chi connectivity index (χ0n) is 9.13. The Balaban J connectivity index is 2.33. The number of hydrogen-bond donors (Lipinski definition) is 0. The van der Waals surface area contributed by atoms with Gasteiger partial charge in [0.1, 0.15) is 11.6 Å². The quantitative estimate of drug-likeness (QED) is 0.749. The highest BCUT2D eigenvalue weighted by Gasteiger charge is 2.45. The monoisotopic (exact) mass is 221 g/mol. The van der Waals surface area contributed by atoms with Gasteiger partial charge >= 0.3 is 0 Å². The summed E-state index contributed by atoms with van der Waals surface area (Å²) in [6.07, 6.45) is 2.44. The van der Waals surface area contributed by atoms with Crippen LogP contribution in [0.1, 0.15) is 31.7 Å². The minimum absolute atomic E-state index is 0.484. The summed E-state index contributed by atoms with van der Waals surface area (Å²) >= 11 is 0. The van der Waals surface area contributed by atoms with E-state index in [9.17, 15) is 14.0 Å². The first-order valence-corrected chi connectivity index (χ1v) is 5.47. The zero-order chi connectivity index (χ0) is 11.8. The van der Waals surface area contributed by atoms with Gasteiger partial charge in [0, 0.05) is 6.07 Å². The third-order valence-electron chi connectivity index (χ3n) is 3.48. The van der Waals surface area contributed by atoms with E-state index in [1.54, 1.807) is 0 Å². The van der Waals surface area contributed by atoms with Crippen LogP contribution in [0.25, 0.3) is 0 Å². The first-order valence-electron chi connectivity index (χ1n) is 5.47. The second-order valence-electron chi connectivity index (χ2n) is 4.53. The van der Waals surface area contributed by atoms with E-state index in [1.807, 2.05) is 0 Å². The molecule has 1 aromatic rings. The number of nitrogens with zero attached hydrogens (tertiary/aromatic N) is 1. The van der Waals surface area contributed by atoms with E-state index in [2.05, 4.69) is 13.0 Å². The molecule has 1 aromatic carbocycles. The van der Waals surface area contributed by atoms with Gasteiger partial charge in [0.2, 0.25) is 0 Å². The van der Waals surface area contributed by atoms with E-state index in [-0.39, 0.29) is 0 Å². The summed E-state index contributed by atoms with van der Waals surface area (Å²) in [5.74, 6) is -0.708. The Hall–Kier alpha value is -1.43. The molecule has 3 heteroatoms. The van der Waals surface area contributed by atoms with Crippen LogP contribution in [0.4, 0.5) is 8.78 Å². The zero-order valence-corrected chi connectivity index (χ0v) is 9.13. The van der Waals surface area contributed by atoms with Gasteiger partial charge in [-0.3, -0.25) is 0 Å². The van der Waals surface area contributed by atoms with Crippen LogP contribution < -0.4 is 0 Å². The van der Waals surface area contributed by atoms with Gasteiger partial charge in [-0.2, -0.15) is 5.26 Å². The largest absolute Gasteiger partial charge is 0.207 e. The summed E-state index contributed by atoms with van der Waals surface area (Å²) in [5, 5.41) is 9.19. The van der Waals surface area contributed by atoms with Gasteiger partial charge in [-0.05, 0) is 36.5 Å². The Labute approximate surface area is 93.7 Å².